The Hall–Kier alpha value is -1.43. The zero-order valence-electron chi connectivity index (χ0n) is 11.7. The summed E-state index contributed by atoms with van der Waals surface area (Å²) >= 11 is 0. The smallest absolute Gasteiger partial charge is 0.239 e. The molecule has 4 N–H and O–H groups in total. The van der Waals surface area contributed by atoms with Gasteiger partial charge >= 0.3 is 0 Å². The molecule has 1 amide bonds. The lowest BCUT2D eigenvalue weighted by Gasteiger charge is -2.28. The van der Waals surface area contributed by atoms with Crippen LogP contribution in [0.5, 0.6) is 0 Å². The van der Waals surface area contributed by atoms with Crippen LogP contribution in [0.2, 0.25) is 0 Å². The van der Waals surface area contributed by atoms with Crippen LogP contribution in [0.25, 0.3) is 0 Å². The van der Waals surface area contributed by atoms with Crippen molar-refractivity contribution in [3.8, 4) is 0 Å². The summed E-state index contributed by atoms with van der Waals surface area (Å²) < 4.78 is 0. The van der Waals surface area contributed by atoms with Gasteiger partial charge in [-0.25, -0.2) is 5.43 Å². The van der Waals surface area contributed by atoms with E-state index in [0.717, 1.165) is 25.1 Å². The van der Waals surface area contributed by atoms with E-state index in [9.17, 15) is 4.79 Å². The fourth-order valence-corrected chi connectivity index (χ4v) is 3.10. The molecule has 2 heterocycles. The molecule has 108 valence electrons. The normalized spacial score (nSPS) is 30.6. The predicted molar refractivity (Wildman–Crippen MR) is 77.8 cm³/mol. The highest BCUT2D eigenvalue weighted by Gasteiger charge is 2.41. The van der Waals surface area contributed by atoms with E-state index in [-0.39, 0.29) is 18.0 Å². The van der Waals surface area contributed by atoms with Crippen molar-refractivity contribution in [2.24, 2.45) is 5.92 Å². The summed E-state index contributed by atoms with van der Waals surface area (Å²) in [6, 6.07) is 10.3. The molecule has 5 nitrogen and oxygen atoms in total. The maximum Gasteiger partial charge on any atom is 0.239 e. The van der Waals surface area contributed by atoms with Crippen LogP contribution in [0.3, 0.4) is 0 Å². The molecule has 1 aromatic carbocycles. The van der Waals surface area contributed by atoms with Crippen LogP contribution < -0.4 is 21.5 Å². The minimum atomic E-state index is -0.154. The number of benzene rings is 1. The number of fused-ring (bicyclic) bond motifs is 1. The van der Waals surface area contributed by atoms with Crippen molar-refractivity contribution in [1.82, 2.24) is 21.5 Å². The maximum absolute atomic E-state index is 12.4. The van der Waals surface area contributed by atoms with Crippen LogP contribution in [0.1, 0.15) is 24.9 Å². The summed E-state index contributed by atoms with van der Waals surface area (Å²) in [7, 11) is 0. The first kappa shape index (κ1) is 13.5. The average Bonchev–Trinajstić information content (AvgIpc) is 2.92. The largest absolute Gasteiger partial charge is 0.348 e. The molecule has 0 aliphatic carbocycles. The van der Waals surface area contributed by atoms with Crippen LogP contribution in [0, 0.1) is 5.92 Å². The SMILES string of the molecule is CC(NC(=O)C1NNC2CCNCC21)c1ccccc1. The second-order valence-electron chi connectivity index (χ2n) is 5.67. The van der Waals surface area contributed by atoms with E-state index in [1.807, 2.05) is 37.3 Å². The standard InChI is InChI=1S/C15H22N4O/c1-10(11-5-3-2-4-6-11)17-15(20)14-12-9-16-8-7-13(12)18-19-14/h2-6,10,12-14,16,18-19H,7-9H2,1H3,(H,17,20). The molecule has 2 aliphatic rings. The van der Waals surface area contributed by atoms with E-state index >= 15 is 0 Å². The number of hydrogen-bond donors (Lipinski definition) is 4. The van der Waals surface area contributed by atoms with Gasteiger partial charge < -0.3 is 10.6 Å². The molecular formula is C15H22N4O. The van der Waals surface area contributed by atoms with Gasteiger partial charge in [0, 0.05) is 18.5 Å². The zero-order chi connectivity index (χ0) is 13.9. The fourth-order valence-electron chi connectivity index (χ4n) is 3.10. The second-order valence-corrected chi connectivity index (χ2v) is 5.67. The molecule has 1 aromatic rings. The van der Waals surface area contributed by atoms with Gasteiger partial charge in [0.1, 0.15) is 6.04 Å². The Bertz CT molecular complexity index is 464. The number of hydrogen-bond acceptors (Lipinski definition) is 4. The Labute approximate surface area is 119 Å². The van der Waals surface area contributed by atoms with Crippen molar-refractivity contribution in [1.29, 1.82) is 0 Å². The molecule has 2 aliphatic heterocycles. The van der Waals surface area contributed by atoms with Crippen LogP contribution in [-0.2, 0) is 4.79 Å². The van der Waals surface area contributed by atoms with Gasteiger partial charge in [0.05, 0.1) is 6.04 Å². The molecule has 0 spiro atoms. The molecule has 2 saturated heterocycles. The third kappa shape index (κ3) is 2.70. The molecule has 2 fully saturated rings. The molecule has 0 aromatic heterocycles. The van der Waals surface area contributed by atoms with E-state index < -0.39 is 0 Å². The van der Waals surface area contributed by atoms with Gasteiger partial charge in [0.2, 0.25) is 5.91 Å². The molecule has 0 radical (unpaired) electrons. The Balaban J connectivity index is 1.62. The van der Waals surface area contributed by atoms with E-state index in [2.05, 4.69) is 21.5 Å². The first-order valence-corrected chi connectivity index (χ1v) is 7.33. The molecule has 5 heteroatoms. The lowest BCUT2D eigenvalue weighted by molar-refractivity contribution is -0.124. The highest BCUT2D eigenvalue weighted by molar-refractivity contribution is 5.83. The summed E-state index contributed by atoms with van der Waals surface area (Å²) in [5.41, 5.74) is 7.53. The lowest BCUT2D eigenvalue weighted by atomic mass is 9.89. The molecule has 0 bridgehead atoms. The van der Waals surface area contributed by atoms with Gasteiger partial charge in [-0.1, -0.05) is 30.3 Å². The highest BCUT2D eigenvalue weighted by Crippen LogP contribution is 2.21. The van der Waals surface area contributed by atoms with Gasteiger partial charge in [0.15, 0.2) is 0 Å². The minimum Gasteiger partial charge on any atom is -0.348 e. The molecule has 0 saturated carbocycles. The van der Waals surface area contributed by atoms with E-state index in [1.165, 1.54) is 0 Å². The van der Waals surface area contributed by atoms with Crippen molar-refractivity contribution in [3.05, 3.63) is 35.9 Å². The number of nitrogens with one attached hydrogen (secondary N) is 4. The molecule has 4 atom stereocenters. The van der Waals surface area contributed by atoms with E-state index in [1.54, 1.807) is 0 Å². The molecular weight excluding hydrogens is 252 g/mol. The van der Waals surface area contributed by atoms with Crippen molar-refractivity contribution >= 4 is 5.91 Å². The topological polar surface area (TPSA) is 65.2 Å². The fraction of sp³-hybridized carbons (Fsp3) is 0.533. The van der Waals surface area contributed by atoms with E-state index in [4.69, 9.17) is 0 Å². The Morgan fingerprint density at radius 2 is 2.10 bits per heavy atom. The van der Waals surface area contributed by atoms with Crippen LogP contribution in [-0.4, -0.2) is 31.1 Å². The second kappa shape index (κ2) is 5.91. The predicted octanol–water partition coefficient (Wildman–Crippen LogP) is 0.318. The van der Waals surface area contributed by atoms with Crippen LogP contribution in [0.15, 0.2) is 30.3 Å². The van der Waals surface area contributed by atoms with Gasteiger partial charge in [-0.15, -0.1) is 0 Å². The maximum atomic E-state index is 12.4. The van der Waals surface area contributed by atoms with Gasteiger partial charge in [-0.05, 0) is 25.5 Å². The number of rotatable bonds is 3. The van der Waals surface area contributed by atoms with Crippen molar-refractivity contribution in [2.45, 2.75) is 31.5 Å². The number of carbonyl (C=O) groups excluding carboxylic acids is 1. The summed E-state index contributed by atoms with van der Waals surface area (Å²) in [6.07, 6.45) is 1.07. The molecule has 3 rings (SSSR count). The van der Waals surface area contributed by atoms with Crippen molar-refractivity contribution in [2.75, 3.05) is 13.1 Å². The summed E-state index contributed by atoms with van der Waals surface area (Å²) in [4.78, 5) is 12.4. The lowest BCUT2D eigenvalue weighted by Crippen LogP contribution is -2.49. The quantitative estimate of drug-likeness (QED) is 0.641. The molecule has 20 heavy (non-hydrogen) atoms. The Kier molecular flexibility index (Phi) is 4.00. The highest BCUT2D eigenvalue weighted by atomic mass is 16.2. The average molecular weight is 274 g/mol. The van der Waals surface area contributed by atoms with Crippen LogP contribution in [0.4, 0.5) is 0 Å². The Morgan fingerprint density at radius 3 is 2.90 bits per heavy atom. The third-order valence-electron chi connectivity index (χ3n) is 4.32. The van der Waals surface area contributed by atoms with Gasteiger partial charge in [0.25, 0.3) is 0 Å². The van der Waals surface area contributed by atoms with Crippen molar-refractivity contribution in [3.63, 3.8) is 0 Å². The first-order valence-electron chi connectivity index (χ1n) is 7.33. The van der Waals surface area contributed by atoms with Crippen molar-refractivity contribution < 1.29 is 4.79 Å². The number of carbonyl (C=O) groups is 1. The van der Waals surface area contributed by atoms with Gasteiger partial charge in [-0.2, -0.15) is 0 Å². The summed E-state index contributed by atoms with van der Waals surface area (Å²) in [5, 5.41) is 6.47. The number of piperidine rings is 1. The van der Waals surface area contributed by atoms with Gasteiger partial charge in [-0.3, -0.25) is 10.2 Å². The Morgan fingerprint density at radius 1 is 1.30 bits per heavy atom. The summed E-state index contributed by atoms with van der Waals surface area (Å²) in [5.74, 6) is 0.400. The molecule has 4 unspecified atom stereocenters. The number of amides is 1. The third-order valence-corrected chi connectivity index (χ3v) is 4.32. The van der Waals surface area contributed by atoms with E-state index in [0.29, 0.717) is 12.0 Å². The van der Waals surface area contributed by atoms with Crippen LogP contribution >= 0.6 is 0 Å². The number of hydrazine groups is 1. The minimum absolute atomic E-state index is 0.0288. The zero-order valence-corrected chi connectivity index (χ0v) is 11.7. The first-order chi connectivity index (χ1) is 9.75. The summed E-state index contributed by atoms with van der Waals surface area (Å²) in [6.45, 7) is 3.93. The monoisotopic (exact) mass is 274 g/mol.